The van der Waals surface area contributed by atoms with Crippen molar-refractivity contribution in [1.29, 1.82) is 0 Å². The zero-order valence-corrected chi connectivity index (χ0v) is 22.6. The van der Waals surface area contributed by atoms with Crippen LogP contribution in [-0.4, -0.2) is 22.8 Å². The number of hydrogen-bond donors (Lipinski definition) is 0. The molecule has 0 aromatic carbocycles. The fourth-order valence-electron chi connectivity index (χ4n) is 4.56. The van der Waals surface area contributed by atoms with Gasteiger partial charge in [-0.15, -0.1) is 0 Å². The summed E-state index contributed by atoms with van der Waals surface area (Å²) in [5.74, 6) is 0. The van der Waals surface area contributed by atoms with Crippen LogP contribution in [0.25, 0.3) is 0 Å². The molecule has 3 heteroatoms. The molecule has 0 rings (SSSR count). The zero-order valence-electron chi connectivity index (χ0n) is 21.6. The smallest absolute Gasteiger partial charge is 0.337 e. The van der Waals surface area contributed by atoms with Gasteiger partial charge in [-0.3, -0.25) is 0 Å². The summed E-state index contributed by atoms with van der Waals surface area (Å²) in [5, 5.41) is 0. The largest absolute Gasteiger partial charge is 0.398 e. The summed E-state index contributed by atoms with van der Waals surface area (Å²) in [4.78, 5) is 0. The minimum atomic E-state index is -1.90. The van der Waals surface area contributed by atoms with Crippen LogP contribution in [0.4, 0.5) is 0 Å². The monoisotopic (exact) mass is 442 g/mol. The summed E-state index contributed by atoms with van der Waals surface area (Å²) < 4.78 is 11.8. The van der Waals surface area contributed by atoms with Crippen LogP contribution in [0.15, 0.2) is 0 Å². The first kappa shape index (κ1) is 30.1. The molecule has 0 aliphatic carbocycles. The molecule has 0 radical (unpaired) electrons. The molecule has 0 fully saturated rings. The minimum Gasteiger partial charge on any atom is -0.398 e. The van der Waals surface area contributed by atoms with Gasteiger partial charge in [0.15, 0.2) is 0 Å². The average molecular weight is 443 g/mol. The predicted octanol–water partition coefficient (Wildman–Crippen LogP) is 9.95. The summed E-state index contributed by atoms with van der Waals surface area (Å²) >= 11 is 0. The number of hydrogen-bond acceptors (Lipinski definition) is 2. The zero-order chi connectivity index (χ0) is 22.2. The normalized spacial score (nSPS) is 12.0. The van der Waals surface area contributed by atoms with Gasteiger partial charge in [0.1, 0.15) is 0 Å². The van der Waals surface area contributed by atoms with Crippen LogP contribution in [0.3, 0.4) is 0 Å². The Morgan fingerprint density at radius 1 is 0.367 bits per heavy atom. The Balaban J connectivity index is 3.41. The average Bonchev–Trinajstić information content (AvgIpc) is 2.77. The molecule has 0 bridgehead atoms. The van der Waals surface area contributed by atoms with Crippen molar-refractivity contribution >= 4 is 8.56 Å². The predicted molar refractivity (Wildman–Crippen MR) is 138 cm³/mol. The van der Waals surface area contributed by atoms with E-state index >= 15 is 0 Å². The van der Waals surface area contributed by atoms with Crippen LogP contribution in [-0.2, 0) is 8.85 Å². The Morgan fingerprint density at radius 3 is 0.867 bits per heavy atom. The summed E-state index contributed by atoms with van der Waals surface area (Å²) in [6.45, 7) is 4.57. The van der Waals surface area contributed by atoms with E-state index in [4.69, 9.17) is 8.85 Å². The maximum atomic E-state index is 5.91. The first-order valence-electron chi connectivity index (χ1n) is 13.8. The van der Waals surface area contributed by atoms with Crippen molar-refractivity contribution in [2.75, 3.05) is 14.2 Å². The first-order chi connectivity index (χ1) is 14.7. The molecule has 30 heavy (non-hydrogen) atoms. The molecular weight excluding hydrogens is 384 g/mol. The quantitative estimate of drug-likeness (QED) is 0.103. The third-order valence-corrected chi connectivity index (χ3v) is 10.5. The molecule has 0 aliphatic heterocycles. The van der Waals surface area contributed by atoms with Crippen LogP contribution < -0.4 is 0 Å². The van der Waals surface area contributed by atoms with Gasteiger partial charge < -0.3 is 8.85 Å². The molecule has 2 nitrogen and oxygen atoms in total. The van der Waals surface area contributed by atoms with Gasteiger partial charge in [0.05, 0.1) is 0 Å². The van der Waals surface area contributed by atoms with Crippen LogP contribution in [0.2, 0.25) is 12.1 Å². The van der Waals surface area contributed by atoms with Gasteiger partial charge in [-0.25, -0.2) is 0 Å². The lowest BCUT2D eigenvalue weighted by atomic mass is 10.0. The fourth-order valence-corrected chi connectivity index (χ4v) is 7.37. The van der Waals surface area contributed by atoms with Gasteiger partial charge in [-0.2, -0.15) is 0 Å². The Labute approximate surface area is 192 Å². The van der Waals surface area contributed by atoms with E-state index in [-0.39, 0.29) is 0 Å². The van der Waals surface area contributed by atoms with Crippen molar-refractivity contribution in [2.45, 2.75) is 161 Å². The van der Waals surface area contributed by atoms with Crippen molar-refractivity contribution in [2.24, 2.45) is 0 Å². The molecule has 0 saturated carbocycles. The third kappa shape index (κ3) is 18.9. The van der Waals surface area contributed by atoms with E-state index in [1.165, 1.54) is 147 Å². The lowest BCUT2D eigenvalue weighted by Gasteiger charge is -2.27. The molecule has 0 atom stereocenters. The molecule has 0 N–H and O–H groups in total. The molecule has 182 valence electrons. The summed E-state index contributed by atoms with van der Waals surface area (Å²) in [7, 11) is 1.85. The van der Waals surface area contributed by atoms with E-state index in [2.05, 4.69) is 13.8 Å². The summed E-state index contributed by atoms with van der Waals surface area (Å²) in [5.41, 5.74) is 0. The van der Waals surface area contributed by atoms with Crippen molar-refractivity contribution in [3.63, 3.8) is 0 Å². The number of rotatable bonds is 25. The van der Waals surface area contributed by atoms with Gasteiger partial charge in [-0.1, -0.05) is 149 Å². The van der Waals surface area contributed by atoms with E-state index in [0.717, 1.165) is 0 Å². The number of unbranched alkanes of at least 4 members (excludes halogenated alkanes) is 19. The van der Waals surface area contributed by atoms with Crippen molar-refractivity contribution in [3.8, 4) is 0 Å². The Morgan fingerprint density at radius 2 is 0.600 bits per heavy atom. The first-order valence-corrected chi connectivity index (χ1v) is 16.1. The second kappa shape index (κ2) is 23.8. The molecule has 0 heterocycles. The molecule has 0 aromatic rings. The van der Waals surface area contributed by atoms with Crippen LogP contribution in [0.5, 0.6) is 0 Å². The van der Waals surface area contributed by atoms with Crippen LogP contribution >= 0.6 is 0 Å². The molecule has 0 spiro atoms. The molecule has 0 unspecified atom stereocenters. The lowest BCUT2D eigenvalue weighted by molar-refractivity contribution is 0.238. The molecule has 0 amide bonds. The third-order valence-electron chi connectivity index (χ3n) is 6.82. The molecular formula is C27H58O2Si. The molecule has 0 saturated heterocycles. The van der Waals surface area contributed by atoms with E-state index in [1.54, 1.807) is 0 Å². The summed E-state index contributed by atoms with van der Waals surface area (Å²) in [6.07, 6.45) is 29.6. The van der Waals surface area contributed by atoms with Gasteiger partial charge in [0, 0.05) is 14.2 Å². The minimum absolute atomic E-state index is 1.18. The SMILES string of the molecule is CCCCCCCCCCCCCCCCCCC[Si](CCCCCC)(OC)OC. The second-order valence-electron chi connectivity index (χ2n) is 9.54. The Hall–Kier alpha value is 0.137. The van der Waals surface area contributed by atoms with Gasteiger partial charge in [0.25, 0.3) is 0 Å². The topological polar surface area (TPSA) is 18.5 Å². The van der Waals surface area contributed by atoms with Crippen molar-refractivity contribution in [1.82, 2.24) is 0 Å². The summed E-state index contributed by atoms with van der Waals surface area (Å²) in [6, 6.07) is 2.36. The highest BCUT2D eigenvalue weighted by Gasteiger charge is 2.33. The molecule has 0 aromatic heterocycles. The van der Waals surface area contributed by atoms with Gasteiger partial charge >= 0.3 is 8.56 Å². The maximum Gasteiger partial charge on any atom is 0.337 e. The second-order valence-corrected chi connectivity index (χ2v) is 13.2. The van der Waals surface area contributed by atoms with Crippen molar-refractivity contribution in [3.05, 3.63) is 0 Å². The Bertz CT molecular complexity index is 318. The van der Waals surface area contributed by atoms with E-state index in [9.17, 15) is 0 Å². The maximum absolute atomic E-state index is 5.91. The highest BCUT2D eigenvalue weighted by atomic mass is 28.4. The van der Waals surface area contributed by atoms with Gasteiger partial charge in [-0.05, 0) is 12.1 Å². The highest BCUT2D eigenvalue weighted by molar-refractivity contribution is 6.67. The van der Waals surface area contributed by atoms with Crippen LogP contribution in [0, 0.1) is 0 Å². The Kier molecular flexibility index (Phi) is 23.9. The lowest BCUT2D eigenvalue weighted by Crippen LogP contribution is -2.39. The standard InChI is InChI=1S/C27H58O2Si/c1-5-7-9-11-12-13-14-15-16-17-18-19-20-21-22-23-25-27-30(28-3,29-4)26-24-10-8-6-2/h5-27H2,1-4H3. The fraction of sp³-hybridized carbons (Fsp3) is 1.00. The van der Waals surface area contributed by atoms with E-state index in [0.29, 0.717) is 0 Å². The molecule has 0 aliphatic rings. The van der Waals surface area contributed by atoms with Gasteiger partial charge in [0.2, 0.25) is 0 Å². The highest BCUT2D eigenvalue weighted by Crippen LogP contribution is 2.25. The van der Waals surface area contributed by atoms with Crippen molar-refractivity contribution < 1.29 is 8.85 Å². The van der Waals surface area contributed by atoms with E-state index < -0.39 is 8.56 Å². The van der Waals surface area contributed by atoms with Crippen LogP contribution in [0.1, 0.15) is 149 Å². The van der Waals surface area contributed by atoms with E-state index in [1.807, 2.05) is 14.2 Å².